The van der Waals surface area contributed by atoms with Gasteiger partial charge in [0.1, 0.15) is 11.9 Å². The van der Waals surface area contributed by atoms with Crippen LogP contribution < -0.4 is 10.1 Å². The number of para-hydroxylation sites is 2. The predicted molar refractivity (Wildman–Crippen MR) is 81.3 cm³/mol. The van der Waals surface area contributed by atoms with Crippen molar-refractivity contribution in [1.29, 1.82) is 0 Å². The lowest BCUT2D eigenvalue weighted by Gasteiger charge is -2.17. The number of anilines is 1. The number of hydrogen-bond donors (Lipinski definition) is 1. The molecule has 0 heterocycles. The molecular weight excluding hydrogens is 254 g/mol. The van der Waals surface area contributed by atoms with Crippen molar-refractivity contribution in [1.82, 2.24) is 0 Å². The van der Waals surface area contributed by atoms with Gasteiger partial charge in [-0.15, -0.1) is 0 Å². The molecule has 0 saturated heterocycles. The number of amides is 1. The summed E-state index contributed by atoms with van der Waals surface area (Å²) < 4.78 is 10.6. The van der Waals surface area contributed by atoms with Crippen molar-refractivity contribution < 1.29 is 14.3 Å². The van der Waals surface area contributed by atoms with E-state index >= 15 is 0 Å². The first-order chi connectivity index (χ1) is 9.71. The Kier molecular flexibility index (Phi) is 7.55. The van der Waals surface area contributed by atoms with Crippen molar-refractivity contribution in [2.24, 2.45) is 0 Å². The van der Waals surface area contributed by atoms with Gasteiger partial charge in [0.25, 0.3) is 0 Å². The van der Waals surface area contributed by atoms with Gasteiger partial charge in [-0.2, -0.15) is 0 Å². The first-order valence-corrected chi connectivity index (χ1v) is 7.31. The molecule has 4 nitrogen and oxygen atoms in total. The van der Waals surface area contributed by atoms with Crippen LogP contribution in [0.15, 0.2) is 24.3 Å². The van der Waals surface area contributed by atoms with Gasteiger partial charge in [-0.05, 0) is 31.4 Å². The van der Waals surface area contributed by atoms with Gasteiger partial charge >= 0.3 is 6.09 Å². The van der Waals surface area contributed by atoms with E-state index in [2.05, 4.69) is 12.2 Å². The summed E-state index contributed by atoms with van der Waals surface area (Å²) in [4.78, 5) is 11.9. The Labute approximate surface area is 121 Å². The van der Waals surface area contributed by atoms with Crippen LogP contribution in [-0.4, -0.2) is 19.3 Å². The van der Waals surface area contributed by atoms with E-state index in [-0.39, 0.29) is 6.10 Å². The molecule has 0 aliphatic heterocycles. The Bertz CT molecular complexity index is 406. The number of carbonyl (C=O) groups is 1. The van der Waals surface area contributed by atoms with Crippen LogP contribution in [0.1, 0.15) is 46.0 Å². The average molecular weight is 279 g/mol. The van der Waals surface area contributed by atoms with E-state index in [1.807, 2.05) is 19.1 Å². The molecule has 0 spiro atoms. The van der Waals surface area contributed by atoms with Gasteiger partial charge in [0.15, 0.2) is 0 Å². The van der Waals surface area contributed by atoms with E-state index in [0.29, 0.717) is 11.4 Å². The fourth-order valence-electron chi connectivity index (χ4n) is 2.01. The fraction of sp³-hybridized carbons (Fsp3) is 0.562. The number of benzene rings is 1. The molecule has 0 aliphatic rings. The van der Waals surface area contributed by atoms with Crippen LogP contribution in [0.4, 0.5) is 10.5 Å². The van der Waals surface area contributed by atoms with Gasteiger partial charge < -0.3 is 9.47 Å². The topological polar surface area (TPSA) is 47.6 Å². The minimum absolute atomic E-state index is 0.0174. The highest BCUT2D eigenvalue weighted by Gasteiger charge is 2.13. The Morgan fingerprint density at radius 2 is 2.00 bits per heavy atom. The highest BCUT2D eigenvalue weighted by Crippen LogP contribution is 2.23. The Morgan fingerprint density at radius 1 is 1.25 bits per heavy atom. The summed E-state index contributed by atoms with van der Waals surface area (Å²) in [5, 5.41) is 2.73. The second-order valence-corrected chi connectivity index (χ2v) is 4.76. The second kappa shape index (κ2) is 9.23. The molecule has 1 aromatic carbocycles. The summed E-state index contributed by atoms with van der Waals surface area (Å²) in [7, 11) is 1.57. The molecule has 112 valence electrons. The van der Waals surface area contributed by atoms with E-state index in [1.54, 1.807) is 19.2 Å². The summed E-state index contributed by atoms with van der Waals surface area (Å²) in [6.07, 6.45) is 4.76. The lowest BCUT2D eigenvalue weighted by atomic mass is 10.1. The Morgan fingerprint density at radius 3 is 2.65 bits per heavy atom. The number of ether oxygens (including phenoxy) is 2. The van der Waals surface area contributed by atoms with Gasteiger partial charge in [-0.1, -0.05) is 38.8 Å². The van der Waals surface area contributed by atoms with Crippen LogP contribution in [-0.2, 0) is 4.74 Å². The molecule has 0 aliphatic carbocycles. The highest BCUT2D eigenvalue weighted by molar-refractivity contribution is 5.86. The van der Waals surface area contributed by atoms with Crippen molar-refractivity contribution in [2.75, 3.05) is 12.4 Å². The summed E-state index contributed by atoms with van der Waals surface area (Å²) in [5.41, 5.74) is 0.628. The number of unbranched alkanes of at least 4 members (excludes halogenated alkanes) is 2. The molecule has 0 saturated carbocycles. The molecule has 1 unspecified atom stereocenters. The third-order valence-electron chi connectivity index (χ3n) is 3.20. The zero-order valence-electron chi connectivity index (χ0n) is 12.6. The van der Waals surface area contributed by atoms with Crippen LogP contribution in [0.5, 0.6) is 5.75 Å². The van der Waals surface area contributed by atoms with Crippen molar-refractivity contribution in [3.8, 4) is 5.75 Å². The van der Waals surface area contributed by atoms with Crippen LogP contribution in [0.3, 0.4) is 0 Å². The maximum absolute atomic E-state index is 11.9. The first kappa shape index (κ1) is 16.3. The Hall–Kier alpha value is -1.71. The van der Waals surface area contributed by atoms with Crippen molar-refractivity contribution >= 4 is 11.8 Å². The van der Waals surface area contributed by atoms with E-state index in [0.717, 1.165) is 19.3 Å². The highest BCUT2D eigenvalue weighted by atomic mass is 16.6. The molecule has 1 atom stereocenters. The van der Waals surface area contributed by atoms with Gasteiger partial charge in [0.2, 0.25) is 0 Å². The fourth-order valence-corrected chi connectivity index (χ4v) is 2.01. The number of rotatable bonds is 8. The quantitative estimate of drug-likeness (QED) is 0.707. The average Bonchev–Trinajstić information content (AvgIpc) is 2.47. The van der Waals surface area contributed by atoms with Crippen molar-refractivity contribution in [2.45, 2.75) is 52.1 Å². The van der Waals surface area contributed by atoms with Crippen LogP contribution >= 0.6 is 0 Å². The molecule has 0 fully saturated rings. The Balaban J connectivity index is 2.49. The van der Waals surface area contributed by atoms with Crippen molar-refractivity contribution in [3.63, 3.8) is 0 Å². The van der Waals surface area contributed by atoms with Crippen LogP contribution in [0.25, 0.3) is 0 Å². The molecule has 0 radical (unpaired) electrons. The summed E-state index contributed by atoms with van der Waals surface area (Å²) in [6, 6.07) is 7.29. The first-order valence-electron chi connectivity index (χ1n) is 7.31. The minimum atomic E-state index is -0.419. The third-order valence-corrected chi connectivity index (χ3v) is 3.20. The van der Waals surface area contributed by atoms with Gasteiger partial charge in [-0.25, -0.2) is 4.79 Å². The molecule has 1 aromatic rings. The van der Waals surface area contributed by atoms with Crippen LogP contribution in [0, 0.1) is 0 Å². The number of carbonyl (C=O) groups excluding carboxylic acids is 1. The standard InChI is InChI=1S/C16H25NO3/c1-4-6-7-10-13(5-2)20-16(18)17-14-11-8-9-12-15(14)19-3/h8-9,11-13H,4-7,10H2,1-3H3,(H,17,18). The van der Waals surface area contributed by atoms with Gasteiger partial charge in [-0.3, -0.25) is 5.32 Å². The van der Waals surface area contributed by atoms with Gasteiger partial charge in [0, 0.05) is 0 Å². The molecule has 0 aromatic heterocycles. The third kappa shape index (κ3) is 5.51. The lowest BCUT2D eigenvalue weighted by molar-refractivity contribution is 0.101. The monoisotopic (exact) mass is 279 g/mol. The molecule has 1 N–H and O–H groups in total. The molecule has 1 rings (SSSR count). The zero-order valence-corrected chi connectivity index (χ0v) is 12.6. The molecule has 1 amide bonds. The summed E-state index contributed by atoms with van der Waals surface area (Å²) in [6.45, 7) is 4.20. The maximum Gasteiger partial charge on any atom is 0.412 e. The zero-order chi connectivity index (χ0) is 14.8. The lowest BCUT2D eigenvalue weighted by Crippen LogP contribution is -2.22. The predicted octanol–water partition coefficient (Wildman–Crippen LogP) is 4.60. The number of methoxy groups -OCH3 is 1. The molecule has 20 heavy (non-hydrogen) atoms. The summed E-state index contributed by atoms with van der Waals surface area (Å²) >= 11 is 0. The summed E-state index contributed by atoms with van der Waals surface area (Å²) in [5.74, 6) is 0.628. The molecule has 4 heteroatoms. The van der Waals surface area contributed by atoms with Crippen LogP contribution in [0.2, 0.25) is 0 Å². The van der Waals surface area contributed by atoms with E-state index < -0.39 is 6.09 Å². The second-order valence-electron chi connectivity index (χ2n) is 4.76. The SMILES string of the molecule is CCCCCC(CC)OC(=O)Nc1ccccc1OC. The number of hydrogen-bond acceptors (Lipinski definition) is 3. The maximum atomic E-state index is 11.9. The number of nitrogens with one attached hydrogen (secondary N) is 1. The van der Waals surface area contributed by atoms with E-state index in [4.69, 9.17) is 9.47 Å². The molecular formula is C16H25NO3. The van der Waals surface area contributed by atoms with E-state index in [9.17, 15) is 4.79 Å². The minimum Gasteiger partial charge on any atom is -0.495 e. The van der Waals surface area contributed by atoms with E-state index in [1.165, 1.54) is 12.8 Å². The normalized spacial score (nSPS) is 11.8. The van der Waals surface area contributed by atoms with Crippen molar-refractivity contribution in [3.05, 3.63) is 24.3 Å². The smallest absolute Gasteiger partial charge is 0.412 e. The van der Waals surface area contributed by atoms with Gasteiger partial charge in [0.05, 0.1) is 12.8 Å². The molecule has 0 bridgehead atoms. The largest absolute Gasteiger partial charge is 0.495 e.